The molecule has 0 fully saturated rings. The molecule has 1 atom stereocenters. The van der Waals surface area contributed by atoms with Crippen LogP contribution in [0, 0.1) is 11.3 Å². The lowest BCUT2D eigenvalue weighted by atomic mass is 10.1. The Morgan fingerprint density at radius 3 is 2.33 bits per heavy atom. The van der Waals surface area contributed by atoms with E-state index in [1.54, 1.807) is 13.0 Å². The molecule has 0 radical (unpaired) electrons. The maximum absolute atomic E-state index is 11.5. The predicted octanol–water partition coefficient (Wildman–Crippen LogP) is 0.0712. The van der Waals surface area contributed by atoms with E-state index < -0.39 is 26.8 Å². The second-order valence-corrected chi connectivity index (χ2v) is 5.47. The number of hydrogen-bond acceptors (Lipinski definition) is 4. The standard InChI is InChI=1S/C8H14N2O4S/c1-4-6(5-9)15(13,14)10-8(2,3)7(11)12/h6,10H,4H2,1-3H3,(H,11,12). The normalized spacial score (nSPS) is 14.3. The van der Waals surface area contributed by atoms with Crippen LogP contribution in [0.4, 0.5) is 0 Å². The summed E-state index contributed by atoms with van der Waals surface area (Å²) in [5.74, 6) is -1.29. The SMILES string of the molecule is CCC(C#N)S(=O)(=O)NC(C)(C)C(=O)O. The fourth-order valence-electron chi connectivity index (χ4n) is 0.851. The number of hydrogen-bond donors (Lipinski definition) is 2. The fraction of sp³-hybridized carbons (Fsp3) is 0.750. The molecule has 15 heavy (non-hydrogen) atoms. The summed E-state index contributed by atoms with van der Waals surface area (Å²) >= 11 is 0. The third-order valence-corrected chi connectivity index (χ3v) is 3.80. The minimum absolute atomic E-state index is 0.113. The van der Waals surface area contributed by atoms with E-state index in [1.165, 1.54) is 13.8 Å². The first-order valence-corrected chi connectivity index (χ1v) is 5.87. The van der Waals surface area contributed by atoms with Crippen LogP contribution < -0.4 is 4.72 Å². The van der Waals surface area contributed by atoms with Crippen molar-refractivity contribution in [3.05, 3.63) is 0 Å². The highest BCUT2D eigenvalue weighted by atomic mass is 32.2. The molecule has 0 rings (SSSR count). The Hall–Kier alpha value is -1.13. The summed E-state index contributed by atoms with van der Waals surface area (Å²) in [6, 6.07) is 1.61. The lowest BCUT2D eigenvalue weighted by Gasteiger charge is -2.22. The molecule has 0 saturated carbocycles. The summed E-state index contributed by atoms with van der Waals surface area (Å²) < 4.78 is 25.0. The van der Waals surface area contributed by atoms with Crippen LogP contribution in [0.2, 0.25) is 0 Å². The minimum Gasteiger partial charge on any atom is -0.480 e. The van der Waals surface area contributed by atoms with E-state index in [1.807, 2.05) is 4.72 Å². The number of carboxylic acid groups (broad SMARTS) is 1. The Morgan fingerprint density at radius 1 is 1.60 bits per heavy atom. The van der Waals surface area contributed by atoms with Crippen LogP contribution in [-0.2, 0) is 14.8 Å². The van der Waals surface area contributed by atoms with Crippen LogP contribution >= 0.6 is 0 Å². The lowest BCUT2D eigenvalue weighted by Crippen LogP contribution is -2.52. The third-order valence-electron chi connectivity index (χ3n) is 1.82. The highest BCUT2D eigenvalue weighted by molar-refractivity contribution is 7.90. The molecule has 86 valence electrons. The van der Waals surface area contributed by atoms with Gasteiger partial charge in [0.1, 0.15) is 5.54 Å². The first-order chi connectivity index (χ1) is 6.67. The van der Waals surface area contributed by atoms with E-state index in [0.29, 0.717) is 0 Å². The first kappa shape index (κ1) is 13.9. The van der Waals surface area contributed by atoms with Gasteiger partial charge in [0.05, 0.1) is 6.07 Å². The van der Waals surface area contributed by atoms with Gasteiger partial charge in [-0.2, -0.15) is 9.98 Å². The van der Waals surface area contributed by atoms with Crippen molar-refractivity contribution in [3.63, 3.8) is 0 Å². The molecule has 0 aliphatic rings. The van der Waals surface area contributed by atoms with Crippen LogP contribution in [-0.4, -0.2) is 30.3 Å². The van der Waals surface area contributed by atoms with Gasteiger partial charge in [0.15, 0.2) is 5.25 Å². The van der Waals surface area contributed by atoms with Gasteiger partial charge in [0, 0.05) is 0 Å². The smallest absolute Gasteiger partial charge is 0.324 e. The van der Waals surface area contributed by atoms with E-state index >= 15 is 0 Å². The molecule has 2 N–H and O–H groups in total. The monoisotopic (exact) mass is 234 g/mol. The minimum atomic E-state index is -3.92. The number of nitrogens with one attached hydrogen (secondary N) is 1. The second-order valence-electron chi connectivity index (χ2n) is 3.60. The average molecular weight is 234 g/mol. The van der Waals surface area contributed by atoms with Crippen molar-refractivity contribution < 1.29 is 18.3 Å². The van der Waals surface area contributed by atoms with E-state index in [9.17, 15) is 13.2 Å². The van der Waals surface area contributed by atoms with Gasteiger partial charge in [-0.05, 0) is 20.3 Å². The van der Waals surface area contributed by atoms with Gasteiger partial charge in [-0.15, -0.1) is 0 Å². The van der Waals surface area contributed by atoms with Gasteiger partial charge >= 0.3 is 5.97 Å². The van der Waals surface area contributed by atoms with E-state index in [0.717, 1.165) is 0 Å². The maximum atomic E-state index is 11.5. The van der Waals surface area contributed by atoms with Crippen molar-refractivity contribution in [1.82, 2.24) is 4.72 Å². The summed E-state index contributed by atoms with van der Waals surface area (Å²) in [7, 11) is -3.92. The zero-order valence-electron chi connectivity index (χ0n) is 8.81. The summed E-state index contributed by atoms with van der Waals surface area (Å²) in [5.41, 5.74) is -1.61. The molecule has 7 heteroatoms. The summed E-state index contributed by atoms with van der Waals surface area (Å²) in [6.07, 6.45) is 0.113. The largest absolute Gasteiger partial charge is 0.480 e. The van der Waals surface area contributed by atoms with Crippen LogP contribution in [0.1, 0.15) is 27.2 Å². The van der Waals surface area contributed by atoms with Crippen LogP contribution in [0.3, 0.4) is 0 Å². The second kappa shape index (κ2) is 4.59. The summed E-state index contributed by atoms with van der Waals surface area (Å²) in [6.45, 7) is 3.98. The Labute approximate surface area is 89.0 Å². The molecule has 0 aliphatic carbocycles. The summed E-state index contributed by atoms with van der Waals surface area (Å²) in [5, 5.41) is 16.1. The number of carboxylic acids is 1. The van der Waals surface area contributed by atoms with Gasteiger partial charge in [0.25, 0.3) is 0 Å². The highest BCUT2D eigenvalue weighted by Crippen LogP contribution is 2.10. The number of aliphatic carboxylic acids is 1. The molecular weight excluding hydrogens is 220 g/mol. The molecule has 6 nitrogen and oxygen atoms in total. The molecule has 0 saturated heterocycles. The number of nitrogens with zero attached hydrogens (tertiary/aromatic N) is 1. The molecule has 0 amide bonds. The van der Waals surface area contributed by atoms with Gasteiger partial charge in [-0.1, -0.05) is 6.92 Å². The van der Waals surface area contributed by atoms with Crippen LogP contribution in [0.15, 0.2) is 0 Å². The Morgan fingerprint density at radius 2 is 2.07 bits per heavy atom. The molecule has 0 aromatic rings. The molecule has 0 spiro atoms. The molecular formula is C8H14N2O4S. The Balaban J connectivity index is 4.97. The lowest BCUT2D eigenvalue weighted by molar-refractivity contribution is -0.142. The maximum Gasteiger partial charge on any atom is 0.324 e. The topological polar surface area (TPSA) is 107 Å². The van der Waals surface area contributed by atoms with Gasteiger partial charge in [0.2, 0.25) is 10.0 Å². The molecule has 1 unspecified atom stereocenters. The molecule has 0 aromatic heterocycles. The molecule has 0 bridgehead atoms. The van der Waals surface area contributed by atoms with Gasteiger partial charge < -0.3 is 5.11 Å². The van der Waals surface area contributed by atoms with E-state index in [2.05, 4.69) is 0 Å². The van der Waals surface area contributed by atoms with Gasteiger partial charge in [-0.25, -0.2) is 8.42 Å². The van der Waals surface area contributed by atoms with Crippen LogP contribution in [0.25, 0.3) is 0 Å². The molecule has 0 aliphatic heterocycles. The predicted molar refractivity (Wildman–Crippen MR) is 53.5 cm³/mol. The third kappa shape index (κ3) is 3.49. The van der Waals surface area contributed by atoms with Crippen molar-refractivity contribution in [2.24, 2.45) is 0 Å². The van der Waals surface area contributed by atoms with E-state index in [-0.39, 0.29) is 6.42 Å². The quantitative estimate of drug-likeness (QED) is 0.700. The van der Waals surface area contributed by atoms with Crippen LogP contribution in [0.5, 0.6) is 0 Å². The fourth-order valence-corrected chi connectivity index (χ4v) is 2.37. The molecule has 0 heterocycles. The number of nitriles is 1. The van der Waals surface area contributed by atoms with Crippen molar-refractivity contribution >= 4 is 16.0 Å². The molecule has 0 aromatic carbocycles. The van der Waals surface area contributed by atoms with Crippen molar-refractivity contribution in [2.45, 2.75) is 38.0 Å². The number of carbonyl (C=O) groups is 1. The van der Waals surface area contributed by atoms with Crippen molar-refractivity contribution in [2.75, 3.05) is 0 Å². The average Bonchev–Trinajstić information content (AvgIpc) is 2.03. The first-order valence-electron chi connectivity index (χ1n) is 4.33. The van der Waals surface area contributed by atoms with Crippen molar-refractivity contribution in [1.29, 1.82) is 5.26 Å². The van der Waals surface area contributed by atoms with E-state index in [4.69, 9.17) is 10.4 Å². The highest BCUT2D eigenvalue weighted by Gasteiger charge is 2.35. The number of sulfonamides is 1. The Kier molecular flexibility index (Phi) is 4.25. The zero-order valence-corrected chi connectivity index (χ0v) is 9.63. The Bertz CT molecular complexity index is 380. The van der Waals surface area contributed by atoms with Crippen molar-refractivity contribution in [3.8, 4) is 6.07 Å². The number of rotatable bonds is 5. The summed E-state index contributed by atoms with van der Waals surface area (Å²) in [4.78, 5) is 10.7. The zero-order chi connectivity index (χ0) is 12.3. The van der Waals surface area contributed by atoms with Gasteiger partial charge in [-0.3, -0.25) is 4.79 Å².